The van der Waals surface area contributed by atoms with Crippen LogP contribution < -0.4 is 4.90 Å². The monoisotopic (exact) mass is 272 g/mol. The number of aromatic nitrogens is 1. The number of nitrogens with zero attached hydrogens (tertiary/aromatic N) is 2. The molecule has 1 heterocycles. The summed E-state index contributed by atoms with van der Waals surface area (Å²) in [6.07, 6.45) is 3.39. The first-order valence-electron chi connectivity index (χ1n) is 6.54. The third kappa shape index (κ3) is 3.41. The van der Waals surface area contributed by atoms with Crippen molar-refractivity contribution in [1.29, 1.82) is 0 Å². The van der Waals surface area contributed by atoms with Crippen LogP contribution in [0.5, 0.6) is 0 Å². The first-order chi connectivity index (χ1) is 9.58. The molecule has 0 aliphatic rings. The van der Waals surface area contributed by atoms with Crippen LogP contribution >= 0.6 is 0 Å². The molecule has 0 radical (unpaired) electrons. The minimum Gasteiger partial charge on any atom is -0.308 e. The number of hydrogen-bond donors (Lipinski definition) is 0. The summed E-state index contributed by atoms with van der Waals surface area (Å²) >= 11 is 0. The number of carbonyl (C=O) groups excluding carboxylic acids is 1. The molecule has 0 saturated heterocycles. The van der Waals surface area contributed by atoms with E-state index in [9.17, 15) is 9.18 Å². The minimum atomic E-state index is -0.352. The molecule has 0 unspecified atom stereocenters. The van der Waals surface area contributed by atoms with Crippen LogP contribution in [0.1, 0.15) is 19.4 Å². The molecule has 2 rings (SSSR count). The van der Waals surface area contributed by atoms with Gasteiger partial charge < -0.3 is 4.90 Å². The molecule has 0 aliphatic heterocycles. The molecule has 0 fully saturated rings. The second kappa shape index (κ2) is 6.28. The highest BCUT2D eigenvalue weighted by atomic mass is 19.1. The van der Waals surface area contributed by atoms with Crippen LogP contribution in [0.2, 0.25) is 0 Å². The number of halogens is 1. The molecule has 0 bridgehead atoms. The average Bonchev–Trinajstić information content (AvgIpc) is 2.45. The van der Waals surface area contributed by atoms with Gasteiger partial charge in [0.25, 0.3) is 0 Å². The molecular formula is C16H17FN2O. The van der Waals surface area contributed by atoms with E-state index in [1.54, 1.807) is 29.4 Å². The van der Waals surface area contributed by atoms with Crippen molar-refractivity contribution in [2.45, 2.75) is 20.4 Å². The predicted octanol–water partition coefficient (Wildman–Crippen LogP) is 3.41. The fourth-order valence-electron chi connectivity index (χ4n) is 1.93. The largest absolute Gasteiger partial charge is 0.308 e. The highest BCUT2D eigenvalue weighted by Gasteiger charge is 2.19. The quantitative estimate of drug-likeness (QED) is 0.854. The topological polar surface area (TPSA) is 33.2 Å². The number of carbonyl (C=O) groups is 1. The van der Waals surface area contributed by atoms with Gasteiger partial charge in [-0.3, -0.25) is 9.78 Å². The molecule has 3 nitrogen and oxygen atoms in total. The SMILES string of the molecule is CC(C)C(=O)N(Cc1cccnc1)c1cccc(F)c1. The zero-order valence-corrected chi connectivity index (χ0v) is 11.6. The molecule has 0 saturated carbocycles. The van der Waals surface area contributed by atoms with Crippen LogP contribution in [0, 0.1) is 11.7 Å². The van der Waals surface area contributed by atoms with Gasteiger partial charge in [0.05, 0.1) is 6.54 Å². The Hall–Kier alpha value is -2.23. The maximum atomic E-state index is 13.4. The zero-order chi connectivity index (χ0) is 14.5. The van der Waals surface area contributed by atoms with Crippen molar-refractivity contribution in [2.75, 3.05) is 4.90 Å². The number of benzene rings is 1. The maximum absolute atomic E-state index is 13.4. The normalized spacial score (nSPS) is 10.6. The Balaban J connectivity index is 2.32. The van der Waals surface area contributed by atoms with E-state index in [2.05, 4.69) is 4.98 Å². The Kier molecular flexibility index (Phi) is 4.45. The van der Waals surface area contributed by atoms with Crippen molar-refractivity contribution in [3.05, 3.63) is 60.2 Å². The molecule has 1 amide bonds. The van der Waals surface area contributed by atoms with Gasteiger partial charge in [-0.05, 0) is 29.8 Å². The Morgan fingerprint density at radius 2 is 2.10 bits per heavy atom. The smallest absolute Gasteiger partial charge is 0.229 e. The summed E-state index contributed by atoms with van der Waals surface area (Å²) in [5, 5.41) is 0. The van der Waals surface area contributed by atoms with E-state index in [0.717, 1.165) is 5.56 Å². The van der Waals surface area contributed by atoms with Crippen LogP contribution in [-0.4, -0.2) is 10.9 Å². The van der Waals surface area contributed by atoms with E-state index >= 15 is 0 Å². The molecule has 0 N–H and O–H groups in total. The van der Waals surface area contributed by atoms with Gasteiger partial charge in [-0.25, -0.2) is 4.39 Å². The third-order valence-corrected chi connectivity index (χ3v) is 2.94. The molecule has 1 aromatic carbocycles. The molecule has 104 valence electrons. The van der Waals surface area contributed by atoms with Gasteiger partial charge in [-0.1, -0.05) is 26.0 Å². The van der Waals surface area contributed by atoms with Crippen molar-refractivity contribution in [2.24, 2.45) is 5.92 Å². The van der Waals surface area contributed by atoms with Crippen molar-refractivity contribution < 1.29 is 9.18 Å². The number of pyridine rings is 1. The van der Waals surface area contributed by atoms with Crippen molar-refractivity contribution in [3.63, 3.8) is 0 Å². The minimum absolute atomic E-state index is 0.0422. The second-order valence-corrected chi connectivity index (χ2v) is 4.92. The Labute approximate surface area is 118 Å². The number of rotatable bonds is 4. The summed E-state index contributed by atoms with van der Waals surface area (Å²) in [5.74, 6) is -0.551. The fraction of sp³-hybridized carbons (Fsp3) is 0.250. The summed E-state index contributed by atoms with van der Waals surface area (Å²) in [4.78, 5) is 18.0. The lowest BCUT2D eigenvalue weighted by atomic mass is 10.1. The third-order valence-electron chi connectivity index (χ3n) is 2.94. The molecular weight excluding hydrogens is 255 g/mol. The van der Waals surface area contributed by atoms with E-state index < -0.39 is 0 Å². The molecule has 20 heavy (non-hydrogen) atoms. The van der Waals surface area contributed by atoms with Gasteiger partial charge in [-0.15, -0.1) is 0 Å². The van der Waals surface area contributed by atoms with Crippen LogP contribution in [-0.2, 0) is 11.3 Å². The zero-order valence-electron chi connectivity index (χ0n) is 11.6. The van der Waals surface area contributed by atoms with E-state index in [-0.39, 0.29) is 17.6 Å². The highest BCUT2D eigenvalue weighted by molar-refractivity contribution is 5.94. The molecule has 1 aromatic heterocycles. The maximum Gasteiger partial charge on any atom is 0.229 e. The van der Waals surface area contributed by atoms with Gasteiger partial charge in [0.2, 0.25) is 5.91 Å². The summed E-state index contributed by atoms with van der Waals surface area (Å²) in [6, 6.07) is 9.79. The Morgan fingerprint density at radius 1 is 1.30 bits per heavy atom. The molecule has 0 aliphatic carbocycles. The lowest BCUT2D eigenvalue weighted by Gasteiger charge is -2.24. The fourth-order valence-corrected chi connectivity index (χ4v) is 1.93. The first-order valence-corrected chi connectivity index (χ1v) is 6.54. The van der Waals surface area contributed by atoms with Gasteiger partial charge in [0, 0.05) is 24.0 Å². The van der Waals surface area contributed by atoms with Crippen LogP contribution in [0.25, 0.3) is 0 Å². The van der Waals surface area contributed by atoms with E-state index in [0.29, 0.717) is 12.2 Å². The highest BCUT2D eigenvalue weighted by Crippen LogP contribution is 2.20. The van der Waals surface area contributed by atoms with Crippen molar-refractivity contribution in [1.82, 2.24) is 4.98 Å². The van der Waals surface area contributed by atoms with Gasteiger partial charge in [-0.2, -0.15) is 0 Å². The van der Waals surface area contributed by atoms with Gasteiger partial charge >= 0.3 is 0 Å². The number of hydrogen-bond acceptors (Lipinski definition) is 2. The van der Waals surface area contributed by atoms with E-state index in [1.165, 1.54) is 12.1 Å². The van der Waals surface area contributed by atoms with Crippen molar-refractivity contribution >= 4 is 11.6 Å². The van der Waals surface area contributed by atoms with Crippen LogP contribution in [0.3, 0.4) is 0 Å². The van der Waals surface area contributed by atoms with Crippen molar-refractivity contribution in [3.8, 4) is 0 Å². The van der Waals surface area contributed by atoms with E-state index in [1.807, 2.05) is 26.0 Å². The Morgan fingerprint density at radius 3 is 2.70 bits per heavy atom. The summed E-state index contributed by atoms with van der Waals surface area (Å²) < 4.78 is 13.4. The molecule has 0 atom stereocenters. The predicted molar refractivity (Wildman–Crippen MR) is 76.7 cm³/mol. The number of amides is 1. The average molecular weight is 272 g/mol. The second-order valence-electron chi connectivity index (χ2n) is 4.92. The lowest BCUT2D eigenvalue weighted by Crippen LogP contribution is -2.33. The molecule has 4 heteroatoms. The molecule has 0 spiro atoms. The van der Waals surface area contributed by atoms with Gasteiger partial charge in [0.15, 0.2) is 0 Å². The summed E-state index contributed by atoms with van der Waals surface area (Å²) in [5.41, 5.74) is 1.47. The van der Waals surface area contributed by atoms with E-state index in [4.69, 9.17) is 0 Å². The number of anilines is 1. The van der Waals surface area contributed by atoms with Gasteiger partial charge in [0.1, 0.15) is 5.82 Å². The van der Waals surface area contributed by atoms with Crippen LogP contribution in [0.4, 0.5) is 10.1 Å². The van der Waals surface area contributed by atoms with Crippen LogP contribution in [0.15, 0.2) is 48.8 Å². The standard InChI is InChI=1S/C16H17FN2O/c1-12(2)16(20)19(11-13-5-4-8-18-10-13)15-7-3-6-14(17)9-15/h3-10,12H,11H2,1-2H3. The lowest BCUT2D eigenvalue weighted by molar-refractivity contribution is -0.121. The summed E-state index contributed by atoms with van der Waals surface area (Å²) in [6.45, 7) is 4.05. The Bertz CT molecular complexity index is 584. The summed E-state index contributed by atoms with van der Waals surface area (Å²) in [7, 11) is 0. The molecule has 2 aromatic rings. The first kappa shape index (κ1) is 14.2.